The van der Waals surface area contributed by atoms with Crippen LogP contribution in [0.3, 0.4) is 0 Å². The van der Waals surface area contributed by atoms with Crippen molar-refractivity contribution >= 4 is 11.4 Å². The topological polar surface area (TPSA) is 49.0 Å². The number of hydrogen-bond acceptors (Lipinski definition) is 4. The number of anilines is 2. The second kappa shape index (κ2) is 18.5. The number of pyridine rings is 1. The van der Waals surface area contributed by atoms with Crippen molar-refractivity contribution in [2.45, 2.75) is 66.5 Å². The standard InChI is InChI=1S/C29H40N4.2ClH.Co/c1-5-22-12-9-13-23(6-2)28(22)32-19-18-30-21-27-26(16-11-17-31-27)20-33-29-24(7-3)14-10-15-25(29)8-4;;;/h9-17,30,32-33H,5-8,18-21H2,1-4H3;2*1H;/q;;;+2/p-2. The number of nitrogens with zero attached hydrogens (tertiary/aromatic N) is 1. The van der Waals surface area contributed by atoms with Gasteiger partial charge in [0.2, 0.25) is 0 Å². The van der Waals surface area contributed by atoms with Crippen molar-refractivity contribution in [3.63, 3.8) is 0 Å². The quantitative estimate of drug-likeness (QED) is 0.255. The summed E-state index contributed by atoms with van der Waals surface area (Å²) in [7, 11) is 0. The molecular formula is C29H40Cl2CoN4. The smallest absolute Gasteiger partial charge is 1.00 e. The molecule has 3 rings (SSSR count). The van der Waals surface area contributed by atoms with Crippen molar-refractivity contribution in [1.82, 2.24) is 10.3 Å². The van der Waals surface area contributed by atoms with E-state index in [0.29, 0.717) is 0 Å². The Balaban J connectivity index is 0.00000408. The Morgan fingerprint density at radius 2 is 1.06 bits per heavy atom. The number of rotatable bonds is 13. The summed E-state index contributed by atoms with van der Waals surface area (Å²) in [6.45, 7) is 12.2. The van der Waals surface area contributed by atoms with Gasteiger partial charge in [0.15, 0.2) is 0 Å². The van der Waals surface area contributed by atoms with Crippen molar-refractivity contribution < 1.29 is 41.6 Å². The zero-order valence-electron chi connectivity index (χ0n) is 21.9. The molecule has 0 aliphatic heterocycles. The van der Waals surface area contributed by atoms with Crippen LogP contribution < -0.4 is 40.8 Å². The maximum atomic E-state index is 4.66. The zero-order chi connectivity index (χ0) is 23.5. The molecule has 7 heteroatoms. The number of benzene rings is 2. The minimum Gasteiger partial charge on any atom is -1.00 e. The maximum absolute atomic E-state index is 4.66. The summed E-state index contributed by atoms with van der Waals surface area (Å²) in [6.07, 6.45) is 6.06. The summed E-state index contributed by atoms with van der Waals surface area (Å²) in [5.74, 6) is 0. The predicted molar refractivity (Wildman–Crippen MR) is 142 cm³/mol. The minimum atomic E-state index is 0. The third-order valence-electron chi connectivity index (χ3n) is 6.33. The Labute approximate surface area is 240 Å². The molecule has 4 nitrogen and oxygen atoms in total. The van der Waals surface area contributed by atoms with E-state index in [1.54, 1.807) is 0 Å². The summed E-state index contributed by atoms with van der Waals surface area (Å²) in [5.41, 5.74) is 10.5. The van der Waals surface area contributed by atoms with E-state index in [0.717, 1.165) is 57.6 Å². The Kier molecular flexibility index (Phi) is 17.6. The van der Waals surface area contributed by atoms with E-state index >= 15 is 0 Å². The number of nitrogens with one attached hydrogen (secondary N) is 3. The van der Waals surface area contributed by atoms with E-state index in [1.807, 2.05) is 12.3 Å². The molecule has 0 aliphatic rings. The molecule has 0 unspecified atom stereocenters. The summed E-state index contributed by atoms with van der Waals surface area (Å²) in [5, 5.41) is 10.9. The molecule has 0 saturated carbocycles. The maximum Gasteiger partial charge on any atom is 2.00 e. The van der Waals surface area contributed by atoms with Gasteiger partial charge in [0.25, 0.3) is 0 Å². The Morgan fingerprint density at radius 3 is 1.56 bits per heavy atom. The van der Waals surface area contributed by atoms with Crippen LogP contribution in [0.1, 0.15) is 61.2 Å². The van der Waals surface area contributed by atoms with E-state index < -0.39 is 0 Å². The van der Waals surface area contributed by atoms with E-state index in [9.17, 15) is 0 Å². The van der Waals surface area contributed by atoms with E-state index in [1.165, 1.54) is 39.2 Å². The number of halogens is 2. The van der Waals surface area contributed by atoms with Crippen LogP contribution in [0.15, 0.2) is 54.7 Å². The van der Waals surface area contributed by atoms with Crippen LogP contribution in [0, 0.1) is 0 Å². The molecule has 36 heavy (non-hydrogen) atoms. The molecule has 199 valence electrons. The molecule has 0 aliphatic carbocycles. The van der Waals surface area contributed by atoms with Crippen LogP contribution in [-0.4, -0.2) is 18.1 Å². The molecule has 3 aromatic rings. The van der Waals surface area contributed by atoms with Crippen molar-refractivity contribution in [2.24, 2.45) is 0 Å². The van der Waals surface area contributed by atoms with E-state index in [2.05, 4.69) is 91.1 Å². The fourth-order valence-electron chi connectivity index (χ4n) is 4.40. The first-order valence-corrected chi connectivity index (χ1v) is 12.5. The molecule has 1 heterocycles. The average molecular weight is 575 g/mol. The van der Waals surface area contributed by atoms with Gasteiger partial charge in [0, 0.05) is 43.8 Å². The molecule has 3 N–H and O–H groups in total. The second-order valence-corrected chi connectivity index (χ2v) is 8.38. The molecule has 0 spiro atoms. The summed E-state index contributed by atoms with van der Waals surface area (Å²) >= 11 is 0. The normalized spacial score (nSPS) is 10.0. The summed E-state index contributed by atoms with van der Waals surface area (Å²) < 4.78 is 0. The van der Waals surface area contributed by atoms with Gasteiger partial charge in [0.05, 0.1) is 5.69 Å². The molecule has 1 aromatic heterocycles. The van der Waals surface area contributed by atoms with Crippen molar-refractivity contribution in [2.75, 3.05) is 23.7 Å². The third-order valence-corrected chi connectivity index (χ3v) is 6.33. The number of aromatic nitrogens is 1. The molecular weight excluding hydrogens is 534 g/mol. The van der Waals surface area contributed by atoms with Crippen LogP contribution in [-0.2, 0) is 55.6 Å². The van der Waals surface area contributed by atoms with Gasteiger partial charge in [0.1, 0.15) is 0 Å². The molecule has 1 radical (unpaired) electrons. The Bertz CT molecular complexity index is 985. The monoisotopic (exact) mass is 573 g/mol. The molecule has 2 aromatic carbocycles. The molecule has 0 fully saturated rings. The summed E-state index contributed by atoms with van der Waals surface area (Å²) in [4.78, 5) is 4.66. The largest absolute Gasteiger partial charge is 2.00 e. The molecule has 0 amide bonds. The first-order valence-electron chi connectivity index (χ1n) is 12.5. The molecule has 0 bridgehead atoms. The minimum absolute atomic E-state index is 0. The van der Waals surface area contributed by atoms with Crippen LogP contribution >= 0.6 is 0 Å². The van der Waals surface area contributed by atoms with Crippen molar-refractivity contribution in [1.29, 1.82) is 0 Å². The van der Waals surface area contributed by atoms with Gasteiger partial charge >= 0.3 is 16.8 Å². The first-order chi connectivity index (χ1) is 16.2. The van der Waals surface area contributed by atoms with Crippen molar-refractivity contribution in [3.05, 3.63) is 88.2 Å². The van der Waals surface area contributed by atoms with Gasteiger partial charge in [-0.15, -0.1) is 0 Å². The Morgan fingerprint density at radius 1 is 0.583 bits per heavy atom. The number of aryl methyl sites for hydroxylation is 4. The van der Waals surface area contributed by atoms with Gasteiger partial charge in [-0.3, -0.25) is 4.98 Å². The molecule has 0 saturated heterocycles. The second-order valence-electron chi connectivity index (χ2n) is 8.38. The predicted octanol–water partition coefficient (Wildman–Crippen LogP) is 0.151. The van der Waals surface area contributed by atoms with Gasteiger partial charge in [-0.1, -0.05) is 70.2 Å². The number of para-hydroxylation sites is 2. The van der Waals surface area contributed by atoms with Gasteiger partial charge in [-0.25, -0.2) is 0 Å². The number of hydrogen-bond donors (Lipinski definition) is 3. The van der Waals surface area contributed by atoms with Gasteiger partial charge in [-0.2, -0.15) is 0 Å². The SMILES string of the molecule is CCc1cccc(CC)c1NCCNCc1ncccc1CNc1c(CC)cccc1CC.[Cl-].[Cl-].[Co+2]. The van der Waals surface area contributed by atoms with Crippen LogP contribution in [0.5, 0.6) is 0 Å². The van der Waals surface area contributed by atoms with Crippen molar-refractivity contribution in [3.8, 4) is 0 Å². The van der Waals surface area contributed by atoms with Gasteiger partial charge in [-0.05, 0) is 59.6 Å². The van der Waals surface area contributed by atoms with E-state index in [-0.39, 0.29) is 41.6 Å². The average Bonchev–Trinajstić information content (AvgIpc) is 2.87. The van der Waals surface area contributed by atoms with E-state index in [4.69, 9.17) is 0 Å². The zero-order valence-corrected chi connectivity index (χ0v) is 24.4. The van der Waals surface area contributed by atoms with Crippen LogP contribution in [0.25, 0.3) is 0 Å². The van der Waals surface area contributed by atoms with Crippen LogP contribution in [0.4, 0.5) is 11.4 Å². The third kappa shape index (κ3) is 9.27. The fourth-order valence-corrected chi connectivity index (χ4v) is 4.40. The fraction of sp³-hybridized carbons (Fsp3) is 0.414. The van der Waals surface area contributed by atoms with Crippen LogP contribution in [0.2, 0.25) is 0 Å². The first kappa shape index (κ1) is 34.2. The Hall–Kier alpha value is -1.76. The summed E-state index contributed by atoms with van der Waals surface area (Å²) in [6, 6.07) is 17.4. The van der Waals surface area contributed by atoms with Gasteiger partial charge < -0.3 is 40.8 Å². The molecule has 0 atom stereocenters.